The second-order valence-electron chi connectivity index (χ2n) is 6.17. The topological polar surface area (TPSA) is 72.9 Å². The van der Waals surface area contributed by atoms with Crippen molar-refractivity contribution in [1.82, 2.24) is 15.1 Å². The molecule has 6 heteroatoms. The Kier molecular flexibility index (Phi) is 6.29. The van der Waals surface area contributed by atoms with Crippen LogP contribution < -0.4 is 5.32 Å². The summed E-state index contributed by atoms with van der Waals surface area (Å²) in [5, 5.41) is 11.5. The van der Waals surface area contributed by atoms with Gasteiger partial charge >= 0.3 is 12.0 Å². The van der Waals surface area contributed by atoms with Gasteiger partial charge in [-0.15, -0.1) is 0 Å². The quantitative estimate of drug-likeness (QED) is 0.664. The van der Waals surface area contributed by atoms with E-state index in [1.165, 1.54) is 19.4 Å². The van der Waals surface area contributed by atoms with E-state index < -0.39 is 5.97 Å². The molecule has 0 aromatic carbocycles. The maximum atomic E-state index is 12.0. The van der Waals surface area contributed by atoms with Crippen LogP contribution in [0.5, 0.6) is 0 Å². The normalized spacial score (nSPS) is 19.5. The smallest absolute Gasteiger partial charge is 0.317 e. The first-order chi connectivity index (χ1) is 10.1. The largest absolute Gasteiger partial charge is 0.481 e. The van der Waals surface area contributed by atoms with Gasteiger partial charge in [0.05, 0.1) is 0 Å². The number of amides is 2. The van der Waals surface area contributed by atoms with Crippen molar-refractivity contribution in [2.45, 2.75) is 38.5 Å². The highest BCUT2D eigenvalue weighted by Crippen LogP contribution is 2.29. The molecule has 2 amide bonds. The zero-order chi connectivity index (χ0) is 15.1. The van der Waals surface area contributed by atoms with E-state index in [0.29, 0.717) is 13.0 Å². The fraction of sp³-hybridized carbons (Fsp3) is 0.867. The number of piperazine rings is 1. The molecule has 0 radical (unpaired) electrons. The molecule has 6 nitrogen and oxygen atoms in total. The second-order valence-corrected chi connectivity index (χ2v) is 6.17. The molecule has 1 aliphatic heterocycles. The molecule has 0 bridgehead atoms. The first-order valence-corrected chi connectivity index (χ1v) is 8.12. The van der Waals surface area contributed by atoms with Crippen molar-refractivity contribution in [2.24, 2.45) is 5.92 Å². The molecule has 0 aromatic heterocycles. The molecule has 0 spiro atoms. The third-order valence-corrected chi connectivity index (χ3v) is 4.22. The number of unbranched alkanes of at least 4 members (excludes halogenated alkanes) is 2. The van der Waals surface area contributed by atoms with Crippen LogP contribution in [-0.2, 0) is 4.79 Å². The lowest BCUT2D eigenvalue weighted by Crippen LogP contribution is -2.52. The van der Waals surface area contributed by atoms with E-state index in [9.17, 15) is 9.59 Å². The van der Waals surface area contributed by atoms with Crippen molar-refractivity contribution in [2.75, 3.05) is 39.3 Å². The predicted octanol–water partition coefficient (Wildman–Crippen LogP) is 1.37. The van der Waals surface area contributed by atoms with Gasteiger partial charge in [-0.2, -0.15) is 0 Å². The fourth-order valence-corrected chi connectivity index (χ4v) is 2.68. The molecule has 0 atom stereocenters. The highest BCUT2D eigenvalue weighted by molar-refractivity contribution is 5.74. The van der Waals surface area contributed by atoms with Crippen LogP contribution in [0.25, 0.3) is 0 Å². The Morgan fingerprint density at radius 2 is 1.76 bits per heavy atom. The molecule has 1 saturated carbocycles. The van der Waals surface area contributed by atoms with Gasteiger partial charge in [0, 0.05) is 45.7 Å². The Balaban J connectivity index is 1.49. The van der Waals surface area contributed by atoms with Gasteiger partial charge in [-0.3, -0.25) is 9.69 Å². The number of hydrogen-bond acceptors (Lipinski definition) is 3. The van der Waals surface area contributed by atoms with E-state index in [1.54, 1.807) is 0 Å². The number of rotatable bonds is 8. The van der Waals surface area contributed by atoms with Crippen LogP contribution in [0.1, 0.15) is 38.5 Å². The molecule has 21 heavy (non-hydrogen) atoms. The number of nitrogens with one attached hydrogen (secondary N) is 1. The average Bonchev–Trinajstić information content (AvgIpc) is 3.27. The number of carbonyl (C=O) groups is 2. The van der Waals surface area contributed by atoms with Gasteiger partial charge in [0.15, 0.2) is 0 Å². The second kappa shape index (κ2) is 8.22. The summed E-state index contributed by atoms with van der Waals surface area (Å²) in [7, 11) is 0. The highest BCUT2D eigenvalue weighted by atomic mass is 16.4. The van der Waals surface area contributed by atoms with Gasteiger partial charge in [0.2, 0.25) is 0 Å². The highest BCUT2D eigenvalue weighted by Gasteiger charge is 2.27. The minimum Gasteiger partial charge on any atom is -0.481 e. The number of carbonyl (C=O) groups excluding carboxylic acids is 1. The summed E-state index contributed by atoms with van der Waals surface area (Å²) in [6.45, 7) is 5.46. The summed E-state index contributed by atoms with van der Waals surface area (Å²) in [4.78, 5) is 26.7. The Labute approximate surface area is 126 Å². The lowest BCUT2D eigenvalue weighted by atomic mass is 10.2. The van der Waals surface area contributed by atoms with Gasteiger partial charge in [0.25, 0.3) is 0 Å². The van der Waals surface area contributed by atoms with Crippen molar-refractivity contribution in [3.05, 3.63) is 0 Å². The fourth-order valence-electron chi connectivity index (χ4n) is 2.68. The number of carboxylic acid groups (broad SMARTS) is 1. The van der Waals surface area contributed by atoms with E-state index >= 15 is 0 Å². The SMILES string of the molecule is O=C(O)CCCCCNC(=O)N1CCN(CC2CC2)CC1. The van der Waals surface area contributed by atoms with Crippen molar-refractivity contribution in [1.29, 1.82) is 0 Å². The molecule has 2 aliphatic rings. The van der Waals surface area contributed by atoms with Crippen LogP contribution in [0.3, 0.4) is 0 Å². The standard InChI is InChI=1S/C15H27N3O3/c19-14(20)4-2-1-3-7-16-15(21)18-10-8-17(9-11-18)12-13-5-6-13/h13H,1-12H2,(H,16,21)(H,19,20). The molecular formula is C15H27N3O3. The molecule has 2 N–H and O–H groups in total. The molecule has 1 aliphatic carbocycles. The molecule has 0 unspecified atom stereocenters. The maximum absolute atomic E-state index is 12.0. The van der Waals surface area contributed by atoms with Crippen molar-refractivity contribution < 1.29 is 14.7 Å². The number of nitrogens with zero attached hydrogens (tertiary/aromatic N) is 2. The monoisotopic (exact) mass is 297 g/mol. The van der Waals surface area contributed by atoms with Crippen LogP contribution >= 0.6 is 0 Å². The summed E-state index contributed by atoms with van der Waals surface area (Å²) >= 11 is 0. The molecule has 1 heterocycles. The van der Waals surface area contributed by atoms with Crippen LogP contribution in [-0.4, -0.2) is 66.2 Å². The third kappa shape index (κ3) is 6.33. The minimum absolute atomic E-state index is 0.0271. The lowest BCUT2D eigenvalue weighted by molar-refractivity contribution is -0.137. The summed E-state index contributed by atoms with van der Waals surface area (Å²) in [6, 6.07) is 0.0271. The zero-order valence-corrected chi connectivity index (χ0v) is 12.7. The Morgan fingerprint density at radius 3 is 2.38 bits per heavy atom. The van der Waals surface area contributed by atoms with Gasteiger partial charge in [-0.05, 0) is 31.6 Å². The molecule has 1 saturated heterocycles. The first kappa shape index (κ1) is 16.1. The van der Waals surface area contributed by atoms with Crippen molar-refractivity contribution in [3.8, 4) is 0 Å². The average molecular weight is 297 g/mol. The number of carboxylic acids is 1. The zero-order valence-electron chi connectivity index (χ0n) is 12.7. The Morgan fingerprint density at radius 1 is 1.05 bits per heavy atom. The van der Waals surface area contributed by atoms with Crippen LogP contribution in [0.15, 0.2) is 0 Å². The number of aliphatic carboxylic acids is 1. The number of urea groups is 1. The van der Waals surface area contributed by atoms with Crippen molar-refractivity contribution in [3.63, 3.8) is 0 Å². The van der Waals surface area contributed by atoms with E-state index in [0.717, 1.165) is 44.9 Å². The molecule has 0 aromatic rings. The maximum Gasteiger partial charge on any atom is 0.317 e. The summed E-state index contributed by atoms with van der Waals surface area (Å²) in [5.74, 6) is 0.166. The molecular weight excluding hydrogens is 270 g/mol. The van der Waals surface area contributed by atoms with E-state index in [1.807, 2.05) is 4.90 Å². The molecule has 2 rings (SSSR count). The van der Waals surface area contributed by atoms with Gasteiger partial charge < -0.3 is 15.3 Å². The van der Waals surface area contributed by atoms with Gasteiger partial charge in [-0.1, -0.05) is 6.42 Å². The minimum atomic E-state index is -0.747. The summed E-state index contributed by atoms with van der Waals surface area (Å²) in [6.07, 6.45) is 5.36. The van der Waals surface area contributed by atoms with Crippen molar-refractivity contribution >= 4 is 12.0 Å². The van der Waals surface area contributed by atoms with Crippen LogP contribution in [0.4, 0.5) is 4.79 Å². The summed E-state index contributed by atoms with van der Waals surface area (Å²) < 4.78 is 0. The van der Waals surface area contributed by atoms with E-state index in [-0.39, 0.29) is 12.5 Å². The van der Waals surface area contributed by atoms with E-state index in [4.69, 9.17) is 5.11 Å². The van der Waals surface area contributed by atoms with E-state index in [2.05, 4.69) is 10.2 Å². The number of hydrogen-bond donors (Lipinski definition) is 2. The Bertz CT molecular complexity index is 350. The van der Waals surface area contributed by atoms with Gasteiger partial charge in [-0.25, -0.2) is 4.79 Å². The van der Waals surface area contributed by atoms with Crippen LogP contribution in [0, 0.1) is 5.92 Å². The summed E-state index contributed by atoms with van der Waals surface area (Å²) in [5.41, 5.74) is 0. The molecule has 2 fully saturated rings. The van der Waals surface area contributed by atoms with Gasteiger partial charge in [0.1, 0.15) is 0 Å². The third-order valence-electron chi connectivity index (χ3n) is 4.22. The first-order valence-electron chi connectivity index (χ1n) is 8.12. The lowest BCUT2D eigenvalue weighted by Gasteiger charge is -2.34. The molecule has 120 valence electrons. The Hall–Kier alpha value is -1.30. The van der Waals surface area contributed by atoms with Crippen LogP contribution in [0.2, 0.25) is 0 Å². The predicted molar refractivity (Wildman–Crippen MR) is 80.2 cm³/mol.